The van der Waals surface area contributed by atoms with E-state index in [0.29, 0.717) is 35.3 Å². The maximum atomic E-state index is 13.1. The van der Waals surface area contributed by atoms with E-state index in [0.717, 1.165) is 42.0 Å². The number of amides is 1. The molecule has 1 amide bonds. The van der Waals surface area contributed by atoms with Gasteiger partial charge in [0.2, 0.25) is 0 Å². The van der Waals surface area contributed by atoms with E-state index in [1.54, 1.807) is 7.11 Å². The Morgan fingerprint density at radius 3 is 2.31 bits per heavy atom. The summed E-state index contributed by atoms with van der Waals surface area (Å²) in [5, 5.41) is 0. The smallest absolute Gasteiger partial charge is 0.416 e. The highest BCUT2D eigenvalue weighted by molar-refractivity contribution is 6.02. The molecule has 32 heavy (non-hydrogen) atoms. The fourth-order valence-corrected chi connectivity index (χ4v) is 4.06. The van der Waals surface area contributed by atoms with Gasteiger partial charge in [0.25, 0.3) is 5.91 Å². The van der Waals surface area contributed by atoms with E-state index in [-0.39, 0.29) is 0 Å². The van der Waals surface area contributed by atoms with Crippen molar-refractivity contribution in [3.8, 4) is 16.9 Å². The quantitative estimate of drug-likeness (QED) is 0.465. The zero-order valence-corrected chi connectivity index (χ0v) is 18.4. The first-order chi connectivity index (χ1) is 15.2. The van der Waals surface area contributed by atoms with Crippen molar-refractivity contribution in [1.82, 2.24) is 4.57 Å². The molecule has 2 aromatic carbocycles. The van der Waals surface area contributed by atoms with Crippen LogP contribution in [-0.2, 0) is 19.1 Å². The largest absolute Gasteiger partial charge is 0.496 e. The van der Waals surface area contributed by atoms with Crippen LogP contribution in [0.15, 0.2) is 48.5 Å². The molecule has 0 aliphatic heterocycles. The second kappa shape index (κ2) is 9.51. The number of methoxy groups -OCH3 is 1. The standard InChI is InChI=1S/C25H27F3N2O2/c1-4-5-9-20-23(17-11-13-19(14-12-17)25(26,27)28)22(24(29)31)16(2)30(20)15-18-8-6-7-10-21(18)32-3/h6-8,10-14H,4-5,9,15H2,1-3H3,(H2,29,31). The number of benzene rings is 2. The van der Waals surface area contributed by atoms with Gasteiger partial charge >= 0.3 is 6.18 Å². The fraction of sp³-hybridized carbons (Fsp3) is 0.320. The molecule has 0 atom stereocenters. The van der Waals surface area contributed by atoms with Crippen LogP contribution < -0.4 is 10.5 Å². The normalized spacial score (nSPS) is 11.6. The summed E-state index contributed by atoms with van der Waals surface area (Å²) in [4.78, 5) is 12.5. The lowest BCUT2D eigenvalue weighted by Gasteiger charge is -2.15. The number of primary amides is 1. The Hall–Kier alpha value is -3.22. The second-order valence-electron chi connectivity index (χ2n) is 7.72. The molecule has 1 aromatic heterocycles. The van der Waals surface area contributed by atoms with Crippen molar-refractivity contribution in [1.29, 1.82) is 0 Å². The van der Waals surface area contributed by atoms with Crippen molar-refractivity contribution in [2.24, 2.45) is 5.73 Å². The Kier molecular flexibility index (Phi) is 6.96. The van der Waals surface area contributed by atoms with Crippen LogP contribution in [0, 0.1) is 6.92 Å². The van der Waals surface area contributed by atoms with Crippen LogP contribution in [0.5, 0.6) is 5.75 Å². The van der Waals surface area contributed by atoms with Crippen LogP contribution in [-0.4, -0.2) is 17.6 Å². The summed E-state index contributed by atoms with van der Waals surface area (Å²) in [6.45, 7) is 4.33. The molecule has 0 fully saturated rings. The lowest BCUT2D eigenvalue weighted by Crippen LogP contribution is -2.14. The van der Waals surface area contributed by atoms with Gasteiger partial charge in [-0.05, 0) is 43.5 Å². The molecule has 2 N–H and O–H groups in total. The first-order valence-corrected chi connectivity index (χ1v) is 10.5. The number of nitrogens with zero attached hydrogens (tertiary/aromatic N) is 1. The zero-order valence-electron chi connectivity index (χ0n) is 18.4. The molecule has 4 nitrogen and oxygen atoms in total. The summed E-state index contributed by atoms with van der Waals surface area (Å²) in [5.74, 6) is 0.118. The van der Waals surface area contributed by atoms with E-state index < -0.39 is 17.6 Å². The molecule has 0 unspecified atom stereocenters. The van der Waals surface area contributed by atoms with Crippen LogP contribution in [0.4, 0.5) is 13.2 Å². The Bertz CT molecular complexity index is 1100. The number of alkyl halides is 3. The van der Waals surface area contributed by atoms with Gasteiger partial charge in [-0.2, -0.15) is 13.2 Å². The summed E-state index contributed by atoms with van der Waals surface area (Å²) in [7, 11) is 1.60. The van der Waals surface area contributed by atoms with Gasteiger partial charge in [0.05, 0.1) is 24.8 Å². The maximum absolute atomic E-state index is 13.1. The molecule has 3 aromatic rings. The van der Waals surface area contributed by atoms with Gasteiger partial charge in [-0.1, -0.05) is 43.7 Å². The molecule has 0 saturated heterocycles. The number of hydrogen-bond acceptors (Lipinski definition) is 2. The van der Waals surface area contributed by atoms with Crippen molar-refractivity contribution in [2.75, 3.05) is 7.11 Å². The minimum atomic E-state index is -4.43. The number of aromatic nitrogens is 1. The highest BCUT2D eigenvalue weighted by Gasteiger charge is 2.31. The van der Waals surface area contributed by atoms with Crippen LogP contribution in [0.3, 0.4) is 0 Å². The number of hydrogen-bond donors (Lipinski definition) is 1. The lowest BCUT2D eigenvalue weighted by atomic mass is 9.96. The Balaban J connectivity index is 2.21. The second-order valence-corrected chi connectivity index (χ2v) is 7.72. The predicted molar refractivity (Wildman–Crippen MR) is 119 cm³/mol. The molecule has 7 heteroatoms. The number of halogens is 3. The molecule has 0 saturated carbocycles. The van der Waals surface area contributed by atoms with Crippen molar-refractivity contribution in [3.63, 3.8) is 0 Å². The minimum absolute atomic E-state index is 0.339. The zero-order chi connectivity index (χ0) is 23.5. The number of nitrogens with two attached hydrogens (primary N) is 1. The van der Waals surface area contributed by atoms with E-state index in [9.17, 15) is 18.0 Å². The summed E-state index contributed by atoms with van der Waals surface area (Å²) < 4.78 is 46.7. The first-order valence-electron chi connectivity index (χ1n) is 10.5. The van der Waals surface area contributed by atoms with Gasteiger partial charge < -0.3 is 15.0 Å². The number of para-hydroxylation sites is 1. The Morgan fingerprint density at radius 1 is 1.09 bits per heavy atom. The Morgan fingerprint density at radius 2 is 1.75 bits per heavy atom. The van der Waals surface area contributed by atoms with Crippen LogP contribution in [0.25, 0.3) is 11.1 Å². The summed E-state index contributed by atoms with van der Waals surface area (Å²) in [6.07, 6.45) is -1.98. The van der Waals surface area contributed by atoms with E-state index in [1.807, 2.05) is 35.8 Å². The van der Waals surface area contributed by atoms with Gasteiger partial charge in [-0.3, -0.25) is 4.79 Å². The molecular formula is C25H27F3N2O2. The third-order valence-electron chi connectivity index (χ3n) is 5.67. The van der Waals surface area contributed by atoms with Gasteiger partial charge in [0.1, 0.15) is 5.75 Å². The Labute approximate surface area is 185 Å². The summed E-state index contributed by atoms with van der Waals surface area (Å²) in [6, 6.07) is 12.5. The number of carbonyl (C=O) groups excluding carboxylic acids is 1. The summed E-state index contributed by atoms with van der Waals surface area (Å²) in [5.41, 5.74) is 9.00. The highest BCUT2D eigenvalue weighted by atomic mass is 19.4. The number of ether oxygens (including phenoxy) is 1. The minimum Gasteiger partial charge on any atom is -0.496 e. The van der Waals surface area contributed by atoms with Gasteiger partial charge in [-0.25, -0.2) is 0 Å². The molecule has 0 spiro atoms. The maximum Gasteiger partial charge on any atom is 0.416 e. The summed E-state index contributed by atoms with van der Waals surface area (Å²) >= 11 is 0. The van der Waals surface area contributed by atoms with Crippen molar-refractivity contribution >= 4 is 5.91 Å². The topological polar surface area (TPSA) is 57.2 Å². The van der Waals surface area contributed by atoms with Gasteiger partial charge in [0, 0.05) is 22.5 Å². The average molecular weight is 444 g/mol. The van der Waals surface area contributed by atoms with Gasteiger partial charge in [0.15, 0.2) is 0 Å². The SMILES string of the molecule is CCCCc1c(-c2ccc(C(F)(F)F)cc2)c(C(N)=O)c(C)n1Cc1ccccc1OC. The molecule has 0 radical (unpaired) electrons. The number of rotatable bonds is 8. The lowest BCUT2D eigenvalue weighted by molar-refractivity contribution is -0.137. The third kappa shape index (κ3) is 4.66. The molecule has 170 valence electrons. The van der Waals surface area contributed by atoms with Crippen LogP contribution >= 0.6 is 0 Å². The number of carbonyl (C=O) groups is 1. The molecular weight excluding hydrogens is 417 g/mol. The van der Waals surface area contributed by atoms with Crippen molar-refractivity contribution in [2.45, 2.75) is 45.8 Å². The third-order valence-corrected chi connectivity index (χ3v) is 5.67. The van der Waals surface area contributed by atoms with E-state index in [1.165, 1.54) is 12.1 Å². The number of unbranched alkanes of at least 4 members (excludes halogenated alkanes) is 1. The van der Waals surface area contributed by atoms with Crippen LogP contribution in [0.1, 0.15) is 52.6 Å². The highest BCUT2D eigenvalue weighted by Crippen LogP contribution is 2.37. The predicted octanol–water partition coefficient (Wildman–Crippen LogP) is 5.98. The van der Waals surface area contributed by atoms with Crippen molar-refractivity contribution < 1.29 is 22.7 Å². The molecule has 1 heterocycles. The van der Waals surface area contributed by atoms with E-state index in [2.05, 4.69) is 6.92 Å². The van der Waals surface area contributed by atoms with E-state index in [4.69, 9.17) is 10.5 Å². The monoisotopic (exact) mass is 444 g/mol. The fourth-order valence-electron chi connectivity index (χ4n) is 4.06. The molecule has 0 aliphatic carbocycles. The first kappa shape index (κ1) is 23.4. The average Bonchev–Trinajstić information content (AvgIpc) is 3.03. The molecule has 0 aliphatic rings. The van der Waals surface area contributed by atoms with E-state index >= 15 is 0 Å². The van der Waals surface area contributed by atoms with Gasteiger partial charge in [-0.15, -0.1) is 0 Å². The van der Waals surface area contributed by atoms with Crippen LogP contribution in [0.2, 0.25) is 0 Å². The molecule has 0 bridgehead atoms. The van der Waals surface area contributed by atoms with Crippen molar-refractivity contribution in [3.05, 3.63) is 76.6 Å². The molecule has 3 rings (SSSR count).